The summed E-state index contributed by atoms with van der Waals surface area (Å²) in [6.07, 6.45) is 0. The molecule has 21 heavy (non-hydrogen) atoms. The predicted octanol–water partition coefficient (Wildman–Crippen LogP) is 0.969. The molecule has 3 nitrogen and oxygen atoms in total. The Kier molecular flexibility index (Phi) is 3.28. The summed E-state index contributed by atoms with van der Waals surface area (Å²) in [7, 11) is 0. The Morgan fingerprint density at radius 1 is 0.857 bits per heavy atom. The monoisotopic (exact) mass is 294 g/mol. The molecule has 0 saturated heterocycles. The number of nitrogen functional groups attached to an aromatic ring is 1. The third-order valence-corrected chi connectivity index (χ3v) is 3.56. The molecule has 0 atom stereocenters. The lowest BCUT2D eigenvalue weighted by Crippen LogP contribution is -3.00. The van der Waals surface area contributed by atoms with E-state index >= 15 is 0 Å². The fourth-order valence-corrected chi connectivity index (χ4v) is 2.52. The third kappa shape index (κ3) is 2.22. The second-order valence-corrected chi connectivity index (χ2v) is 4.89. The number of H-pyrrole nitrogens is 1. The number of nitrogens with one attached hydrogen (secondary N) is 1. The standard InChI is InChI=1S/C17H13N3.ClH/c18-13-8-5-12(6-9-13)17-19-15-10-7-11-3-1-2-4-14(11)16(15)20-17;/h1-10H,18H2,(H,19,20);1H/p-1. The van der Waals surface area contributed by atoms with E-state index in [2.05, 4.69) is 29.2 Å². The van der Waals surface area contributed by atoms with Crippen molar-refractivity contribution in [3.05, 3.63) is 60.7 Å². The summed E-state index contributed by atoms with van der Waals surface area (Å²) in [6, 6.07) is 20.2. The molecule has 0 spiro atoms. The van der Waals surface area contributed by atoms with Gasteiger partial charge in [-0.2, -0.15) is 0 Å². The minimum atomic E-state index is 0. The average molecular weight is 295 g/mol. The Hall–Kier alpha value is -2.52. The van der Waals surface area contributed by atoms with Crippen LogP contribution in [-0.2, 0) is 0 Å². The summed E-state index contributed by atoms with van der Waals surface area (Å²) < 4.78 is 0. The largest absolute Gasteiger partial charge is 1.00 e. The third-order valence-electron chi connectivity index (χ3n) is 3.56. The first kappa shape index (κ1) is 13.5. The van der Waals surface area contributed by atoms with Gasteiger partial charge in [-0.3, -0.25) is 0 Å². The zero-order valence-electron chi connectivity index (χ0n) is 11.2. The molecule has 0 unspecified atom stereocenters. The molecule has 0 aliphatic carbocycles. The second kappa shape index (κ2) is 5.11. The quantitative estimate of drug-likeness (QED) is 0.514. The van der Waals surface area contributed by atoms with Crippen LogP contribution < -0.4 is 18.1 Å². The number of hydrogen-bond acceptors (Lipinski definition) is 2. The molecular weight excluding hydrogens is 282 g/mol. The van der Waals surface area contributed by atoms with Gasteiger partial charge < -0.3 is 23.1 Å². The van der Waals surface area contributed by atoms with E-state index in [4.69, 9.17) is 10.7 Å². The molecular formula is C17H13ClN3-. The summed E-state index contributed by atoms with van der Waals surface area (Å²) >= 11 is 0. The molecule has 4 heteroatoms. The van der Waals surface area contributed by atoms with Crippen LogP contribution in [0, 0.1) is 0 Å². The van der Waals surface area contributed by atoms with Crippen LogP contribution in [0.15, 0.2) is 60.7 Å². The lowest BCUT2D eigenvalue weighted by atomic mass is 10.1. The van der Waals surface area contributed by atoms with E-state index in [9.17, 15) is 0 Å². The Labute approximate surface area is 128 Å². The van der Waals surface area contributed by atoms with Crippen molar-refractivity contribution >= 4 is 27.5 Å². The SMILES string of the molecule is Nc1ccc(-c2nc3c(ccc4ccccc43)[nH]2)cc1.[Cl-]. The van der Waals surface area contributed by atoms with Gasteiger partial charge in [-0.1, -0.05) is 30.3 Å². The minimum absolute atomic E-state index is 0. The number of anilines is 1. The molecule has 4 aromatic rings. The first-order chi connectivity index (χ1) is 9.81. The molecule has 0 aliphatic heterocycles. The fraction of sp³-hybridized carbons (Fsp3) is 0. The summed E-state index contributed by atoms with van der Waals surface area (Å²) in [5.41, 5.74) is 9.58. The van der Waals surface area contributed by atoms with Crippen LogP contribution in [-0.4, -0.2) is 9.97 Å². The zero-order chi connectivity index (χ0) is 13.5. The van der Waals surface area contributed by atoms with Gasteiger partial charge in [0.2, 0.25) is 0 Å². The molecule has 0 fully saturated rings. The second-order valence-electron chi connectivity index (χ2n) is 4.89. The van der Waals surface area contributed by atoms with Crippen LogP contribution in [0.3, 0.4) is 0 Å². The van der Waals surface area contributed by atoms with E-state index in [1.165, 1.54) is 10.8 Å². The first-order valence-electron chi connectivity index (χ1n) is 6.55. The van der Waals surface area contributed by atoms with E-state index in [1.807, 2.05) is 36.4 Å². The molecule has 0 amide bonds. The van der Waals surface area contributed by atoms with Gasteiger partial charge in [0.05, 0.1) is 11.0 Å². The molecule has 0 bridgehead atoms. The van der Waals surface area contributed by atoms with Gasteiger partial charge in [0, 0.05) is 16.6 Å². The summed E-state index contributed by atoms with van der Waals surface area (Å²) in [5.74, 6) is 0.872. The number of benzene rings is 3. The van der Waals surface area contributed by atoms with E-state index in [0.717, 1.165) is 28.1 Å². The van der Waals surface area contributed by atoms with Gasteiger partial charge in [0.15, 0.2) is 0 Å². The molecule has 4 rings (SSSR count). The van der Waals surface area contributed by atoms with E-state index in [0.29, 0.717) is 0 Å². The van der Waals surface area contributed by atoms with Crippen LogP contribution in [0.25, 0.3) is 33.2 Å². The summed E-state index contributed by atoms with van der Waals surface area (Å²) in [5, 5.41) is 2.37. The van der Waals surface area contributed by atoms with Gasteiger partial charge in [-0.05, 0) is 35.7 Å². The van der Waals surface area contributed by atoms with Crippen molar-refractivity contribution < 1.29 is 12.4 Å². The van der Waals surface area contributed by atoms with Crippen molar-refractivity contribution in [2.45, 2.75) is 0 Å². The van der Waals surface area contributed by atoms with Crippen molar-refractivity contribution in [3.8, 4) is 11.4 Å². The number of fused-ring (bicyclic) bond motifs is 3. The smallest absolute Gasteiger partial charge is 0.138 e. The van der Waals surface area contributed by atoms with Crippen LogP contribution in [0.2, 0.25) is 0 Å². The van der Waals surface area contributed by atoms with Gasteiger partial charge in [-0.15, -0.1) is 0 Å². The highest BCUT2D eigenvalue weighted by molar-refractivity contribution is 6.04. The van der Waals surface area contributed by atoms with Crippen LogP contribution in [0.1, 0.15) is 0 Å². The zero-order valence-corrected chi connectivity index (χ0v) is 11.9. The van der Waals surface area contributed by atoms with E-state index in [1.54, 1.807) is 0 Å². The van der Waals surface area contributed by atoms with Gasteiger partial charge in [0.25, 0.3) is 0 Å². The number of aromatic nitrogens is 2. The topological polar surface area (TPSA) is 54.7 Å². The molecule has 3 aromatic carbocycles. The van der Waals surface area contributed by atoms with Crippen molar-refractivity contribution in [1.82, 2.24) is 9.97 Å². The van der Waals surface area contributed by atoms with Crippen LogP contribution in [0.4, 0.5) is 5.69 Å². The average Bonchev–Trinajstić information content (AvgIpc) is 2.92. The number of halogens is 1. The number of aromatic amines is 1. The number of nitrogens with two attached hydrogens (primary N) is 1. The molecule has 0 saturated carbocycles. The number of imidazole rings is 1. The molecule has 0 radical (unpaired) electrons. The maximum absolute atomic E-state index is 5.72. The first-order valence-corrected chi connectivity index (χ1v) is 6.55. The maximum atomic E-state index is 5.72. The van der Waals surface area contributed by atoms with E-state index in [-0.39, 0.29) is 12.4 Å². The fourth-order valence-electron chi connectivity index (χ4n) is 2.52. The highest BCUT2D eigenvalue weighted by Crippen LogP contribution is 2.27. The van der Waals surface area contributed by atoms with Crippen molar-refractivity contribution in [3.63, 3.8) is 0 Å². The highest BCUT2D eigenvalue weighted by Gasteiger charge is 2.07. The lowest BCUT2D eigenvalue weighted by Gasteiger charge is -1.97. The Bertz CT molecular complexity index is 910. The predicted molar refractivity (Wildman–Crippen MR) is 83.4 cm³/mol. The van der Waals surface area contributed by atoms with Crippen molar-refractivity contribution in [2.75, 3.05) is 5.73 Å². The van der Waals surface area contributed by atoms with Gasteiger partial charge in [-0.25, -0.2) is 4.98 Å². The van der Waals surface area contributed by atoms with Crippen molar-refractivity contribution in [2.24, 2.45) is 0 Å². The number of rotatable bonds is 1. The lowest BCUT2D eigenvalue weighted by molar-refractivity contribution is -0.00000400. The number of nitrogens with zero attached hydrogens (tertiary/aromatic N) is 1. The van der Waals surface area contributed by atoms with Crippen LogP contribution in [0.5, 0.6) is 0 Å². The molecule has 3 N–H and O–H groups in total. The molecule has 0 aliphatic rings. The molecule has 1 heterocycles. The van der Waals surface area contributed by atoms with E-state index < -0.39 is 0 Å². The summed E-state index contributed by atoms with van der Waals surface area (Å²) in [4.78, 5) is 8.12. The maximum Gasteiger partial charge on any atom is 0.138 e. The van der Waals surface area contributed by atoms with Gasteiger partial charge in [0.1, 0.15) is 5.82 Å². The van der Waals surface area contributed by atoms with Crippen molar-refractivity contribution in [1.29, 1.82) is 0 Å². The Balaban J connectivity index is 0.00000132. The Morgan fingerprint density at radius 3 is 2.43 bits per heavy atom. The van der Waals surface area contributed by atoms with Gasteiger partial charge >= 0.3 is 0 Å². The normalized spacial score (nSPS) is 10.7. The Morgan fingerprint density at radius 2 is 1.62 bits per heavy atom. The highest BCUT2D eigenvalue weighted by atomic mass is 35.5. The number of hydrogen-bond donors (Lipinski definition) is 2. The molecule has 104 valence electrons. The minimum Gasteiger partial charge on any atom is -1.00 e. The summed E-state index contributed by atoms with van der Waals surface area (Å²) in [6.45, 7) is 0. The van der Waals surface area contributed by atoms with Crippen LogP contribution >= 0.6 is 0 Å². The molecule has 1 aromatic heterocycles.